The summed E-state index contributed by atoms with van der Waals surface area (Å²) < 4.78 is 15.8. The van der Waals surface area contributed by atoms with Crippen LogP contribution in [0.4, 0.5) is 0 Å². The highest BCUT2D eigenvalue weighted by Crippen LogP contribution is 2.26. The fourth-order valence-corrected chi connectivity index (χ4v) is 4.29. The topological polar surface area (TPSA) is 75.6 Å². The van der Waals surface area contributed by atoms with Gasteiger partial charge in [-0.3, -0.25) is 14.7 Å². The van der Waals surface area contributed by atoms with Crippen LogP contribution < -0.4 is 10.1 Å². The van der Waals surface area contributed by atoms with Crippen molar-refractivity contribution in [3.8, 4) is 5.75 Å². The molecule has 166 valence electrons. The molecule has 3 atom stereocenters. The lowest BCUT2D eigenvalue weighted by Gasteiger charge is -2.35. The number of nitrogens with zero attached hydrogens (tertiary/aromatic N) is 3. The van der Waals surface area contributed by atoms with Crippen LogP contribution in [0.15, 0.2) is 29.3 Å². The largest absolute Gasteiger partial charge is 0.497 e. The molecule has 3 unspecified atom stereocenters. The predicted octanol–water partition coefficient (Wildman–Crippen LogP) is 1.38. The van der Waals surface area contributed by atoms with E-state index < -0.39 is 0 Å². The summed E-state index contributed by atoms with van der Waals surface area (Å²) in [5, 5.41) is 3.54. The number of hydrogen-bond donors (Lipinski definition) is 1. The Bertz CT molecular complexity index is 718. The summed E-state index contributed by atoms with van der Waals surface area (Å²) in [6.07, 6.45) is 0. The molecule has 0 bridgehead atoms. The average molecular weight is 419 g/mol. The molecule has 0 spiro atoms. The van der Waals surface area contributed by atoms with Gasteiger partial charge in [0.1, 0.15) is 5.75 Å². The molecular weight excluding hydrogens is 384 g/mol. The van der Waals surface area contributed by atoms with E-state index in [-0.39, 0.29) is 23.8 Å². The molecule has 1 aromatic carbocycles. The van der Waals surface area contributed by atoms with Crippen LogP contribution in [0.5, 0.6) is 5.75 Å². The van der Waals surface area contributed by atoms with E-state index in [4.69, 9.17) is 14.2 Å². The smallest absolute Gasteiger partial charge is 0.310 e. The highest BCUT2D eigenvalue weighted by atomic mass is 16.5. The number of esters is 1. The van der Waals surface area contributed by atoms with Gasteiger partial charge < -0.3 is 24.4 Å². The molecule has 0 radical (unpaired) electrons. The maximum atomic E-state index is 12.1. The molecule has 30 heavy (non-hydrogen) atoms. The Hall–Kier alpha value is -2.32. The van der Waals surface area contributed by atoms with Crippen molar-refractivity contribution in [1.29, 1.82) is 0 Å². The van der Waals surface area contributed by atoms with Gasteiger partial charge in [-0.1, -0.05) is 19.1 Å². The molecule has 0 aromatic heterocycles. The van der Waals surface area contributed by atoms with Crippen LogP contribution >= 0.6 is 0 Å². The number of carbonyl (C=O) groups excluding carboxylic acids is 1. The minimum atomic E-state index is -0.148. The number of likely N-dealkylation sites (tertiary alicyclic amines) is 1. The number of carbonyl (C=O) groups is 1. The summed E-state index contributed by atoms with van der Waals surface area (Å²) in [4.78, 5) is 21.1. The summed E-state index contributed by atoms with van der Waals surface area (Å²) in [7, 11) is 4.92. The summed E-state index contributed by atoms with van der Waals surface area (Å²) >= 11 is 0. The lowest BCUT2D eigenvalue weighted by atomic mass is 9.99. The van der Waals surface area contributed by atoms with E-state index in [1.165, 1.54) is 12.7 Å². The molecule has 0 aliphatic carbocycles. The Morgan fingerprint density at radius 1 is 1.23 bits per heavy atom. The Kier molecular flexibility index (Phi) is 7.93. The van der Waals surface area contributed by atoms with Crippen molar-refractivity contribution >= 4 is 11.9 Å². The first kappa shape index (κ1) is 22.4. The highest BCUT2D eigenvalue weighted by molar-refractivity contribution is 5.82. The van der Waals surface area contributed by atoms with Crippen LogP contribution in [0.25, 0.3) is 0 Å². The van der Waals surface area contributed by atoms with Crippen LogP contribution in [0, 0.1) is 11.8 Å². The molecule has 8 heteroatoms. The van der Waals surface area contributed by atoms with E-state index in [0.29, 0.717) is 13.1 Å². The van der Waals surface area contributed by atoms with Crippen molar-refractivity contribution < 1.29 is 19.0 Å². The Morgan fingerprint density at radius 2 is 1.93 bits per heavy atom. The lowest BCUT2D eigenvalue weighted by molar-refractivity contribution is -0.145. The summed E-state index contributed by atoms with van der Waals surface area (Å²) in [6, 6.07) is 8.43. The third-order valence-electron chi connectivity index (χ3n) is 6.07. The summed E-state index contributed by atoms with van der Waals surface area (Å²) in [5.41, 5.74) is 1.22. The van der Waals surface area contributed by atoms with Crippen LogP contribution in [0.3, 0.4) is 0 Å². The number of rotatable bonds is 6. The fourth-order valence-electron chi connectivity index (χ4n) is 4.29. The number of ether oxygens (including phenoxy) is 3. The zero-order chi connectivity index (χ0) is 21.5. The van der Waals surface area contributed by atoms with Crippen LogP contribution in [-0.4, -0.2) is 88.9 Å². The number of aliphatic imine (C=N–C) groups is 1. The van der Waals surface area contributed by atoms with Gasteiger partial charge in [0, 0.05) is 39.8 Å². The first-order chi connectivity index (χ1) is 14.6. The SMILES string of the molecule is CN=C(NCC(c1ccc(OC)cc1)N1CCOCC1)N1CC(C)C(C(=O)OC)C1. The molecule has 3 rings (SSSR count). The standard InChI is InChI=1S/C22H34N4O4/c1-16-14-26(15-19(16)21(27)29-4)22(23-2)24-13-20(25-9-11-30-12-10-25)17-5-7-18(28-3)8-6-17/h5-8,16,19-20H,9-15H2,1-4H3,(H,23,24). The Morgan fingerprint density at radius 3 is 2.53 bits per heavy atom. The van der Waals surface area contributed by atoms with Crippen molar-refractivity contribution in [3.63, 3.8) is 0 Å². The van der Waals surface area contributed by atoms with E-state index in [0.717, 1.165) is 44.6 Å². The maximum absolute atomic E-state index is 12.1. The van der Waals surface area contributed by atoms with E-state index in [2.05, 4.69) is 39.2 Å². The molecule has 1 N–H and O–H groups in total. The minimum Gasteiger partial charge on any atom is -0.497 e. The number of benzene rings is 1. The van der Waals surface area contributed by atoms with Gasteiger partial charge in [0.05, 0.1) is 39.4 Å². The van der Waals surface area contributed by atoms with Gasteiger partial charge in [-0.15, -0.1) is 0 Å². The molecule has 2 fully saturated rings. The van der Waals surface area contributed by atoms with Crippen molar-refractivity contribution in [3.05, 3.63) is 29.8 Å². The second kappa shape index (κ2) is 10.6. The molecule has 0 amide bonds. The predicted molar refractivity (Wildman–Crippen MR) is 116 cm³/mol. The molecule has 2 heterocycles. The van der Waals surface area contributed by atoms with Gasteiger partial charge in [-0.2, -0.15) is 0 Å². The second-order valence-corrected chi connectivity index (χ2v) is 7.88. The highest BCUT2D eigenvalue weighted by Gasteiger charge is 2.37. The second-order valence-electron chi connectivity index (χ2n) is 7.88. The van der Waals surface area contributed by atoms with Crippen molar-refractivity contribution in [2.75, 3.05) is 67.2 Å². The van der Waals surface area contributed by atoms with E-state index in [9.17, 15) is 4.79 Å². The van der Waals surface area contributed by atoms with Crippen LogP contribution in [-0.2, 0) is 14.3 Å². The number of nitrogens with one attached hydrogen (secondary N) is 1. The number of hydrogen-bond acceptors (Lipinski definition) is 6. The van der Waals surface area contributed by atoms with Gasteiger partial charge in [0.2, 0.25) is 0 Å². The lowest BCUT2D eigenvalue weighted by Crippen LogP contribution is -2.47. The van der Waals surface area contributed by atoms with E-state index in [1.54, 1.807) is 14.2 Å². The third-order valence-corrected chi connectivity index (χ3v) is 6.07. The fraction of sp³-hybridized carbons (Fsp3) is 0.636. The van der Waals surface area contributed by atoms with E-state index >= 15 is 0 Å². The third kappa shape index (κ3) is 5.23. The number of methoxy groups -OCH3 is 2. The molecule has 1 aromatic rings. The summed E-state index contributed by atoms with van der Waals surface area (Å²) in [6.45, 7) is 7.47. The molecule has 0 saturated carbocycles. The Labute approximate surface area is 179 Å². The van der Waals surface area contributed by atoms with Gasteiger partial charge in [0.15, 0.2) is 5.96 Å². The molecule has 2 saturated heterocycles. The monoisotopic (exact) mass is 418 g/mol. The minimum absolute atomic E-state index is 0.120. The van der Waals surface area contributed by atoms with Gasteiger partial charge in [-0.25, -0.2) is 0 Å². The normalized spacial score (nSPS) is 23.9. The van der Waals surface area contributed by atoms with Crippen molar-refractivity contribution in [2.45, 2.75) is 13.0 Å². The number of guanidine groups is 1. The zero-order valence-corrected chi connectivity index (χ0v) is 18.5. The first-order valence-corrected chi connectivity index (χ1v) is 10.6. The molecule has 2 aliphatic rings. The van der Waals surface area contributed by atoms with Gasteiger partial charge in [0.25, 0.3) is 0 Å². The average Bonchev–Trinajstić information content (AvgIpc) is 3.18. The molecule has 8 nitrogen and oxygen atoms in total. The van der Waals surface area contributed by atoms with Gasteiger partial charge in [-0.05, 0) is 23.6 Å². The maximum Gasteiger partial charge on any atom is 0.310 e. The quantitative estimate of drug-likeness (QED) is 0.425. The van der Waals surface area contributed by atoms with Crippen LogP contribution in [0.2, 0.25) is 0 Å². The molecular formula is C22H34N4O4. The first-order valence-electron chi connectivity index (χ1n) is 10.6. The van der Waals surface area contributed by atoms with Crippen molar-refractivity contribution in [2.24, 2.45) is 16.8 Å². The van der Waals surface area contributed by atoms with Crippen LogP contribution in [0.1, 0.15) is 18.5 Å². The zero-order valence-electron chi connectivity index (χ0n) is 18.5. The van der Waals surface area contributed by atoms with Gasteiger partial charge >= 0.3 is 5.97 Å². The number of morpholine rings is 1. The Balaban J connectivity index is 1.69. The summed E-state index contributed by atoms with van der Waals surface area (Å²) in [5.74, 6) is 1.63. The van der Waals surface area contributed by atoms with E-state index in [1.807, 2.05) is 12.1 Å². The molecule has 2 aliphatic heterocycles. The van der Waals surface area contributed by atoms with Crippen molar-refractivity contribution in [1.82, 2.24) is 15.1 Å².